The molecule has 1 heterocycles. The van der Waals surface area contributed by atoms with Crippen LogP contribution in [0, 0.1) is 0 Å². The fourth-order valence-corrected chi connectivity index (χ4v) is 1.70. The van der Waals surface area contributed by atoms with E-state index in [1.165, 1.54) is 12.8 Å². The summed E-state index contributed by atoms with van der Waals surface area (Å²) in [5.74, 6) is 0.631. The second-order valence-corrected chi connectivity index (χ2v) is 4.11. The zero-order chi connectivity index (χ0) is 11.1. The number of aliphatic imine (C=N–C) groups is 1. The molecule has 0 radical (unpaired) electrons. The maximum absolute atomic E-state index is 5.84. The smallest absolute Gasteiger partial charge is 0.191 e. The molecule has 88 valence electrons. The lowest BCUT2D eigenvalue weighted by Crippen LogP contribution is -2.41. The number of nitrogens with zero attached hydrogens (tertiary/aromatic N) is 2. The lowest BCUT2D eigenvalue weighted by atomic mass is 10.1. The molecular formula is C11H23N3O. The van der Waals surface area contributed by atoms with Gasteiger partial charge < -0.3 is 15.4 Å². The van der Waals surface area contributed by atoms with Gasteiger partial charge in [0.1, 0.15) is 0 Å². The molecule has 2 N–H and O–H groups in total. The van der Waals surface area contributed by atoms with Gasteiger partial charge in [0, 0.05) is 26.7 Å². The van der Waals surface area contributed by atoms with E-state index in [9.17, 15) is 0 Å². The minimum atomic E-state index is 0.333. The van der Waals surface area contributed by atoms with E-state index in [0.717, 1.165) is 32.5 Å². The van der Waals surface area contributed by atoms with E-state index in [-0.39, 0.29) is 0 Å². The summed E-state index contributed by atoms with van der Waals surface area (Å²) in [5, 5.41) is 0. The average molecular weight is 213 g/mol. The van der Waals surface area contributed by atoms with Gasteiger partial charge in [0.25, 0.3) is 0 Å². The van der Waals surface area contributed by atoms with Crippen molar-refractivity contribution in [2.24, 2.45) is 10.7 Å². The summed E-state index contributed by atoms with van der Waals surface area (Å²) in [7, 11) is 1.98. The molecular weight excluding hydrogens is 190 g/mol. The number of hydrogen-bond acceptors (Lipinski definition) is 2. The van der Waals surface area contributed by atoms with E-state index in [0.29, 0.717) is 12.1 Å². The summed E-state index contributed by atoms with van der Waals surface area (Å²) in [6.45, 7) is 4.66. The van der Waals surface area contributed by atoms with Gasteiger partial charge in [0.2, 0.25) is 0 Å². The molecule has 15 heavy (non-hydrogen) atoms. The maximum Gasteiger partial charge on any atom is 0.191 e. The first kappa shape index (κ1) is 12.3. The minimum Gasteiger partial charge on any atom is -0.376 e. The monoisotopic (exact) mass is 213 g/mol. The Morgan fingerprint density at radius 3 is 2.93 bits per heavy atom. The molecule has 0 amide bonds. The highest BCUT2D eigenvalue weighted by atomic mass is 16.5. The van der Waals surface area contributed by atoms with Crippen molar-refractivity contribution in [3.63, 3.8) is 0 Å². The molecule has 0 bridgehead atoms. The van der Waals surface area contributed by atoms with Gasteiger partial charge in [-0.25, -0.2) is 0 Å². The Labute approximate surface area is 92.5 Å². The molecule has 1 aliphatic rings. The van der Waals surface area contributed by atoms with Crippen molar-refractivity contribution in [3.8, 4) is 0 Å². The second kappa shape index (κ2) is 6.67. The third-order valence-electron chi connectivity index (χ3n) is 2.64. The number of likely N-dealkylation sites (N-methyl/N-ethyl adjacent to an activating group) is 1. The zero-order valence-corrected chi connectivity index (χ0v) is 9.91. The highest BCUT2D eigenvalue weighted by Gasteiger charge is 2.16. The van der Waals surface area contributed by atoms with E-state index in [1.54, 1.807) is 0 Å². The summed E-state index contributed by atoms with van der Waals surface area (Å²) in [6.07, 6.45) is 4.98. The Bertz CT molecular complexity index is 200. The van der Waals surface area contributed by atoms with Crippen molar-refractivity contribution < 1.29 is 4.74 Å². The highest BCUT2D eigenvalue weighted by molar-refractivity contribution is 5.77. The lowest BCUT2D eigenvalue weighted by molar-refractivity contribution is 0.00699. The van der Waals surface area contributed by atoms with Crippen molar-refractivity contribution in [2.45, 2.75) is 38.7 Å². The standard InChI is InChI=1S/C11H23N3O/c1-3-7-13-11(12)14(2)9-10-6-4-5-8-15-10/h10H,3-9H2,1-2H3,(H2,12,13). The quantitative estimate of drug-likeness (QED) is 0.564. The summed E-state index contributed by atoms with van der Waals surface area (Å²) in [5.41, 5.74) is 5.84. The Morgan fingerprint density at radius 1 is 1.53 bits per heavy atom. The summed E-state index contributed by atoms with van der Waals surface area (Å²) < 4.78 is 5.65. The average Bonchev–Trinajstić information content (AvgIpc) is 2.27. The number of hydrogen-bond donors (Lipinski definition) is 1. The van der Waals surface area contributed by atoms with E-state index in [4.69, 9.17) is 10.5 Å². The Balaban J connectivity index is 2.29. The van der Waals surface area contributed by atoms with Crippen LogP contribution < -0.4 is 5.73 Å². The number of ether oxygens (including phenoxy) is 1. The minimum absolute atomic E-state index is 0.333. The van der Waals surface area contributed by atoms with Crippen LogP contribution in [0.2, 0.25) is 0 Å². The van der Waals surface area contributed by atoms with Crippen LogP contribution in [0.5, 0.6) is 0 Å². The van der Waals surface area contributed by atoms with E-state index in [2.05, 4.69) is 11.9 Å². The Hall–Kier alpha value is -0.770. The third-order valence-corrected chi connectivity index (χ3v) is 2.64. The molecule has 1 fully saturated rings. The molecule has 4 heteroatoms. The van der Waals surface area contributed by atoms with Crippen LogP contribution in [0.4, 0.5) is 0 Å². The molecule has 0 aromatic heterocycles. The van der Waals surface area contributed by atoms with Gasteiger partial charge in [0.05, 0.1) is 6.10 Å². The van der Waals surface area contributed by atoms with Gasteiger partial charge in [-0.15, -0.1) is 0 Å². The van der Waals surface area contributed by atoms with Gasteiger partial charge in [-0.1, -0.05) is 6.92 Å². The van der Waals surface area contributed by atoms with Crippen molar-refractivity contribution >= 4 is 5.96 Å². The molecule has 0 aliphatic carbocycles. The largest absolute Gasteiger partial charge is 0.376 e. The summed E-state index contributed by atoms with van der Waals surface area (Å²) in [4.78, 5) is 6.26. The summed E-state index contributed by atoms with van der Waals surface area (Å²) >= 11 is 0. The number of rotatable bonds is 4. The van der Waals surface area contributed by atoms with Gasteiger partial charge in [-0.3, -0.25) is 4.99 Å². The topological polar surface area (TPSA) is 50.8 Å². The first-order valence-corrected chi connectivity index (χ1v) is 5.86. The van der Waals surface area contributed by atoms with Crippen LogP contribution in [0.15, 0.2) is 4.99 Å². The number of guanidine groups is 1. The van der Waals surface area contributed by atoms with Crippen LogP contribution in [0.3, 0.4) is 0 Å². The lowest BCUT2D eigenvalue weighted by Gasteiger charge is -2.27. The molecule has 1 rings (SSSR count). The molecule has 0 spiro atoms. The zero-order valence-electron chi connectivity index (χ0n) is 9.91. The fourth-order valence-electron chi connectivity index (χ4n) is 1.70. The van der Waals surface area contributed by atoms with Gasteiger partial charge >= 0.3 is 0 Å². The predicted molar refractivity (Wildman–Crippen MR) is 63.0 cm³/mol. The van der Waals surface area contributed by atoms with Gasteiger partial charge in [-0.05, 0) is 25.7 Å². The van der Waals surface area contributed by atoms with Crippen molar-refractivity contribution in [2.75, 3.05) is 26.7 Å². The normalized spacial score (nSPS) is 22.8. The first-order valence-electron chi connectivity index (χ1n) is 5.86. The van der Waals surface area contributed by atoms with Crippen molar-refractivity contribution in [1.82, 2.24) is 4.90 Å². The second-order valence-electron chi connectivity index (χ2n) is 4.11. The molecule has 0 aromatic carbocycles. The first-order chi connectivity index (χ1) is 7.24. The van der Waals surface area contributed by atoms with Gasteiger partial charge in [-0.2, -0.15) is 0 Å². The highest BCUT2D eigenvalue weighted by Crippen LogP contribution is 2.13. The molecule has 1 aliphatic heterocycles. The number of nitrogens with two attached hydrogens (primary N) is 1. The Kier molecular flexibility index (Phi) is 5.47. The van der Waals surface area contributed by atoms with Crippen molar-refractivity contribution in [3.05, 3.63) is 0 Å². The Morgan fingerprint density at radius 2 is 2.33 bits per heavy atom. The molecule has 0 aromatic rings. The predicted octanol–water partition coefficient (Wildman–Crippen LogP) is 1.21. The van der Waals surface area contributed by atoms with E-state index >= 15 is 0 Å². The third kappa shape index (κ3) is 4.51. The molecule has 1 unspecified atom stereocenters. The van der Waals surface area contributed by atoms with E-state index in [1.807, 2.05) is 11.9 Å². The molecule has 1 saturated heterocycles. The van der Waals surface area contributed by atoms with Crippen LogP contribution in [-0.4, -0.2) is 43.7 Å². The SMILES string of the molecule is CCCN=C(N)N(C)CC1CCCCO1. The fraction of sp³-hybridized carbons (Fsp3) is 0.909. The van der Waals surface area contributed by atoms with Crippen LogP contribution in [0.25, 0.3) is 0 Å². The molecule has 4 nitrogen and oxygen atoms in total. The van der Waals surface area contributed by atoms with Gasteiger partial charge in [0.15, 0.2) is 5.96 Å². The van der Waals surface area contributed by atoms with Crippen LogP contribution >= 0.6 is 0 Å². The van der Waals surface area contributed by atoms with E-state index < -0.39 is 0 Å². The van der Waals surface area contributed by atoms with Crippen molar-refractivity contribution in [1.29, 1.82) is 0 Å². The summed E-state index contributed by atoms with van der Waals surface area (Å²) in [6, 6.07) is 0. The van der Waals surface area contributed by atoms with Crippen LogP contribution in [0.1, 0.15) is 32.6 Å². The van der Waals surface area contributed by atoms with Crippen LogP contribution in [-0.2, 0) is 4.74 Å². The molecule has 1 atom stereocenters. The molecule has 0 saturated carbocycles. The maximum atomic E-state index is 5.84.